The van der Waals surface area contributed by atoms with Gasteiger partial charge in [0.25, 0.3) is 0 Å². The lowest BCUT2D eigenvalue weighted by atomic mass is 10.1. The second kappa shape index (κ2) is 2.95. The molecule has 2 rings (SSSR count). The Morgan fingerprint density at radius 3 is 2.73 bits per heavy atom. The zero-order valence-corrected chi connectivity index (χ0v) is 6.97. The molecule has 0 bridgehead atoms. The second-order valence-electron chi connectivity index (χ2n) is 3.49. The average molecular weight is 153 g/mol. The largest absolute Gasteiger partial charge is 0.371 e. The van der Waals surface area contributed by atoms with Crippen LogP contribution in [0.4, 0.5) is 0 Å². The van der Waals surface area contributed by atoms with Gasteiger partial charge >= 0.3 is 0 Å². The van der Waals surface area contributed by atoms with Crippen molar-refractivity contribution >= 4 is 0 Å². The van der Waals surface area contributed by atoms with Crippen molar-refractivity contribution in [2.45, 2.75) is 32.0 Å². The van der Waals surface area contributed by atoms with Crippen molar-refractivity contribution in [2.75, 3.05) is 13.1 Å². The second-order valence-corrected chi connectivity index (χ2v) is 3.49. The third-order valence-electron chi connectivity index (χ3n) is 2.39. The highest BCUT2D eigenvalue weighted by molar-refractivity contribution is 5.16. The van der Waals surface area contributed by atoms with Gasteiger partial charge in [-0.2, -0.15) is 0 Å². The molecule has 0 amide bonds. The minimum absolute atomic E-state index is 0.419. The number of ether oxygens (including phenoxy) is 1. The lowest BCUT2D eigenvalue weighted by molar-refractivity contribution is 0.0825. The van der Waals surface area contributed by atoms with Crippen molar-refractivity contribution in [1.82, 2.24) is 5.32 Å². The summed E-state index contributed by atoms with van der Waals surface area (Å²) in [6.07, 6.45) is 5.62. The van der Waals surface area contributed by atoms with E-state index < -0.39 is 0 Å². The molecule has 1 N–H and O–H groups in total. The first-order chi connectivity index (χ1) is 5.34. The van der Waals surface area contributed by atoms with Crippen molar-refractivity contribution in [2.24, 2.45) is 0 Å². The van der Waals surface area contributed by atoms with Gasteiger partial charge in [0.1, 0.15) is 0 Å². The van der Waals surface area contributed by atoms with E-state index in [1.807, 2.05) is 0 Å². The highest BCUT2D eigenvalue weighted by atomic mass is 16.5. The molecule has 2 unspecified atom stereocenters. The molecule has 0 spiro atoms. The number of rotatable bonds is 1. The topological polar surface area (TPSA) is 21.3 Å². The summed E-state index contributed by atoms with van der Waals surface area (Å²) in [5, 5.41) is 3.22. The molecular formula is C9H15NO. The van der Waals surface area contributed by atoms with Crippen molar-refractivity contribution in [1.29, 1.82) is 0 Å². The van der Waals surface area contributed by atoms with E-state index >= 15 is 0 Å². The lowest BCUT2D eigenvalue weighted by Crippen LogP contribution is -2.34. The Balaban J connectivity index is 1.86. The zero-order chi connectivity index (χ0) is 7.68. The zero-order valence-electron chi connectivity index (χ0n) is 6.97. The van der Waals surface area contributed by atoms with Gasteiger partial charge in [-0.15, -0.1) is 0 Å². The predicted molar refractivity (Wildman–Crippen MR) is 44.5 cm³/mol. The van der Waals surface area contributed by atoms with E-state index in [4.69, 9.17) is 4.74 Å². The average Bonchev–Trinajstić information content (AvgIpc) is 2.27. The monoisotopic (exact) mass is 153 g/mol. The molecule has 0 aliphatic carbocycles. The number of hydrogen-bond acceptors (Lipinski definition) is 2. The maximum atomic E-state index is 5.66. The summed E-state index contributed by atoms with van der Waals surface area (Å²) >= 11 is 0. The first-order valence-corrected chi connectivity index (χ1v) is 4.40. The molecule has 2 heteroatoms. The molecular weight excluding hydrogens is 138 g/mol. The maximum Gasteiger partial charge on any atom is 0.0763 e. The molecule has 2 atom stereocenters. The van der Waals surface area contributed by atoms with E-state index in [9.17, 15) is 0 Å². The molecule has 2 nitrogen and oxygen atoms in total. The Kier molecular flexibility index (Phi) is 1.96. The molecule has 2 fully saturated rings. The quantitative estimate of drug-likeness (QED) is 0.569. The standard InChI is InChI=1S/C9H15NO/c1-7-2-3-9(11-7)4-8-5-10-6-8/h4,7,9-10H,2-3,5-6H2,1H3. The van der Waals surface area contributed by atoms with Crippen LogP contribution in [0.15, 0.2) is 11.6 Å². The molecule has 2 heterocycles. The van der Waals surface area contributed by atoms with Gasteiger partial charge in [0.15, 0.2) is 0 Å². The van der Waals surface area contributed by atoms with Gasteiger partial charge in [-0.3, -0.25) is 0 Å². The van der Waals surface area contributed by atoms with Gasteiger partial charge in [-0.25, -0.2) is 0 Å². The first kappa shape index (κ1) is 7.32. The summed E-state index contributed by atoms with van der Waals surface area (Å²) in [7, 11) is 0. The van der Waals surface area contributed by atoms with Crippen LogP contribution in [0.1, 0.15) is 19.8 Å². The Bertz CT molecular complexity index is 170. The van der Waals surface area contributed by atoms with Crippen LogP contribution in [0, 0.1) is 0 Å². The van der Waals surface area contributed by atoms with E-state index in [0.29, 0.717) is 12.2 Å². The summed E-state index contributed by atoms with van der Waals surface area (Å²) in [6, 6.07) is 0. The van der Waals surface area contributed by atoms with Crippen LogP contribution in [0.2, 0.25) is 0 Å². The van der Waals surface area contributed by atoms with E-state index in [2.05, 4.69) is 18.3 Å². The fourth-order valence-corrected chi connectivity index (χ4v) is 1.61. The van der Waals surface area contributed by atoms with Crippen LogP contribution in [0.25, 0.3) is 0 Å². The Labute approximate surface area is 67.6 Å². The molecule has 62 valence electrons. The smallest absolute Gasteiger partial charge is 0.0763 e. The van der Waals surface area contributed by atoms with Crippen LogP contribution < -0.4 is 5.32 Å². The van der Waals surface area contributed by atoms with Crippen molar-refractivity contribution < 1.29 is 4.74 Å². The van der Waals surface area contributed by atoms with E-state index in [1.54, 1.807) is 0 Å². The van der Waals surface area contributed by atoms with E-state index in [-0.39, 0.29) is 0 Å². The van der Waals surface area contributed by atoms with Crippen molar-refractivity contribution in [3.05, 3.63) is 11.6 Å². The van der Waals surface area contributed by atoms with Crippen LogP contribution >= 0.6 is 0 Å². The molecule has 0 radical (unpaired) electrons. The van der Waals surface area contributed by atoms with Crippen LogP contribution in [-0.2, 0) is 4.74 Å². The Morgan fingerprint density at radius 2 is 2.27 bits per heavy atom. The SMILES string of the molecule is CC1CCC(C=C2CNC2)O1. The van der Waals surface area contributed by atoms with Gasteiger partial charge < -0.3 is 10.1 Å². The van der Waals surface area contributed by atoms with Crippen LogP contribution in [0.3, 0.4) is 0 Å². The Hall–Kier alpha value is -0.340. The Morgan fingerprint density at radius 1 is 1.45 bits per heavy atom. The third kappa shape index (κ3) is 1.63. The number of hydrogen-bond donors (Lipinski definition) is 1. The summed E-state index contributed by atoms with van der Waals surface area (Å²) < 4.78 is 5.66. The molecule has 0 aromatic rings. The summed E-state index contributed by atoms with van der Waals surface area (Å²) in [4.78, 5) is 0. The third-order valence-corrected chi connectivity index (χ3v) is 2.39. The molecule has 11 heavy (non-hydrogen) atoms. The highest BCUT2D eigenvalue weighted by Gasteiger charge is 2.21. The molecule has 2 saturated heterocycles. The normalized spacial score (nSPS) is 37.0. The molecule has 0 aromatic heterocycles. The molecule has 2 aliphatic rings. The van der Waals surface area contributed by atoms with Gasteiger partial charge in [-0.1, -0.05) is 6.08 Å². The minimum atomic E-state index is 0.419. The fraction of sp³-hybridized carbons (Fsp3) is 0.778. The highest BCUT2D eigenvalue weighted by Crippen LogP contribution is 2.21. The summed E-state index contributed by atoms with van der Waals surface area (Å²) in [5.74, 6) is 0. The van der Waals surface area contributed by atoms with Crippen LogP contribution in [-0.4, -0.2) is 25.3 Å². The first-order valence-electron chi connectivity index (χ1n) is 4.40. The maximum absolute atomic E-state index is 5.66. The lowest BCUT2D eigenvalue weighted by Gasteiger charge is -2.20. The molecule has 2 aliphatic heterocycles. The summed E-state index contributed by atoms with van der Waals surface area (Å²) in [5.41, 5.74) is 1.52. The molecule has 0 aromatic carbocycles. The summed E-state index contributed by atoms with van der Waals surface area (Å²) in [6.45, 7) is 4.31. The van der Waals surface area contributed by atoms with Gasteiger partial charge in [0.2, 0.25) is 0 Å². The minimum Gasteiger partial charge on any atom is -0.371 e. The van der Waals surface area contributed by atoms with E-state index in [1.165, 1.54) is 18.4 Å². The van der Waals surface area contributed by atoms with Crippen molar-refractivity contribution in [3.63, 3.8) is 0 Å². The predicted octanol–water partition coefficient (Wildman–Crippen LogP) is 1.08. The fourth-order valence-electron chi connectivity index (χ4n) is 1.61. The number of nitrogens with one attached hydrogen (secondary N) is 1. The van der Waals surface area contributed by atoms with Crippen LogP contribution in [0.5, 0.6) is 0 Å². The van der Waals surface area contributed by atoms with Gasteiger partial charge in [-0.05, 0) is 25.3 Å². The van der Waals surface area contributed by atoms with E-state index in [0.717, 1.165) is 13.1 Å². The van der Waals surface area contributed by atoms with Crippen molar-refractivity contribution in [3.8, 4) is 0 Å². The van der Waals surface area contributed by atoms with Gasteiger partial charge in [0, 0.05) is 13.1 Å². The van der Waals surface area contributed by atoms with Gasteiger partial charge in [0.05, 0.1) is 12.2 Å². The molecule has 0 saturated carbocycles.